The number of carbonyl (C=O) groups excluding carboxylic acids is 1. The van der Waals surface area contributed by atoms with Gasteiger partial charge >= 0.3 is 0 Å². The SMILES string of the molecule is CCN(c1ccccc1)S(=O)(=O)c1ccc(NC(=S)NC(=O)/C=C/c2cccc([N+](=O)[O-])c2)cc1. The highest BCUT2D eigenvalue weighted by Gasteiger charge is 2.23. The van der Waals surface area contributed by atoms with Gasteiger partial charge in [-0.25, -0.2) is 8.42 Å². The Balaban J connectivity index is 1.62. The third-order valence-corrected chi connectivity index (χ3v) is 6.90. The average molecular weight is 511 g/mol. The number of hydrogen-bond donors (Lipinski definition) is 2. The lowest BCUT2D eigenvalue weighted by Gasteiger charge is -2.23. The van der Waals surface area contributed by atoms with Gasteiger partial charge in [-0.15, -0.1) is 0 Å². The fourth-order valence-corrected chi connectivity index (χ4v) is 4.85. The van der Waals surface area contributed by atoms with Crippen molar-refractivity contribution in [2.45, 2.75) is 11.8 Å². The van der Waals surface area contributed by atoms with Crippen molar-refractivity contribution in [2.75, 3.05) is 16.2 Å². The third-order valence-electron chi connectivity index (χ3n) is 4.78. The smallest absolute Gasteiger partial charge is 0.270 e. The fraction of sp³-hybridized carbons (Fsp3) is 0.0833. The number of thiocarbonyl (C=S) groups is 1. The largest absolute Gasteiger partial charge is 0.332 e. The van der Waals surface area contributed by atoms with Crippen molar-refractivity contribution in [2.24, 2.45) is 0 Å². The molecule has 0 aliphatic carbocycles. The van der Waals surface area contributed by atoms with Gasteiger partial charge < -0.3 is 5.32 Å². The molecule has 0 saturated carbocycles. The lowest BCUT2D eigenvalue weighted by Crippen LogP contribution is -2.33. The van der Waals surface area contributed by atoms with Crippen LogP contribution >= 0.6 is 12.2 Å². The van der Waals surface area contributed by atoms with E-state index in [0.29, 0.717) is 16.9 Å². The summed E-state index contributed by atoms with van der Waals surface area (Å²) in [6.07, 6.45) is 2.63. The lowest BCUT2D eigenvalue weighted by molar-refractivity contribution is -0.384. The van der Waals surface area contributed by atoms with Crippen molar-refractivity contribution in [3.8, 4) is 0 Å². The number of amides is 1. The van der Waals surface area contributed by atoms with Gasteiger partial charge in [0.2, 0.25) is 5.91 Å². The molecule has 1 amide bonds. The van der Waals surface area contributed by atoms with E-state index < -0.39 is 20.9 Å². The summed E-state index contributed by atoms with van der Waals surface area (Å²) in [6.45, 7) is 2.03. The molecular weight excluding hydrogens is 488 g/mol. The summed E-state index contributed by atoms with van der Waals surface area (Å²) in [5.74, 6) is -0.533. The first-order chi connectivity index (χ1) is 16.7. The van der Waals surface area contributed by atoms with E-state index in [1.165, 1.54) is 46.8 Å². The maximum Gasteiger partial charge on any atom is 0.270 e. The molecule has 0 fully saturated rings. The normalized spacial score (nSPS) is 11.1. The van der Waals surface area contributed by atoms with E-state index in [2.05, 4.69) is 10.6 Å². The Bertz CT molecular complexity index is 1360. The van der Waals surface area contributed by atoms with Crippen molar-refractivity contribution >= 4 is 56.4 Å². The fourth-order valence-electron chi connectivity index (χ4n) is 3.15. The number of sulfonamides is 1. The van der Waals surface area contributed by atoms with E-state index in [4.69, 9.17) is 12.2 Å². The van der Waals surface area contributed by atoms with Crippen molar-refractivity contribution in [1.82, 2.24) is 5.32 Å². The molecule has 0 radical (unpaired) electrons. The molecule has 2 N–H and O–H groups in total. The Morgan fingerprint density at radius 2 is 1.74 bits per heavy atom. The Hall–Kier alpha value is -4.09. The van der Waals surface area contributed by atoms with Gasteiger partial charge in [0.1, 0.15) is 0 Å². The molecule has 0 aromatic heterocycles. The van der Waals surface area contributed by atoms with E-state index in [0.717, 1.165) is 0 Å². The van der Waals surface area contributed by atoms with Crippen molar-refractivity contribution in [1.29, 1.82) is 0 Å². The predicted molar refractivity (Wildman–Crippen MR) is 140 cm³/mol. The standard InChI is InChI=1S/C24H22N4O5S2/c1-2-27(20-8-4-3-5-9-20)35(32,33)22-14-12-19(13-15-22)25-24(34)26-23(29)16-11-18-7-6-10-21(17-18)28(30)31/h3-17H,2H2,1H3,(H2,25,26,29,34)/b16-11+. The maximum atomic E-state index is 13.1. The first-order valence-corrected chi connectivity index (χ1v) is 12.3. The number of nitro groups is 1. The zero-order valence-electron chi connectivity index (χ0n) is 18.6. The summed E-state index contributed by atoms with van der Waals surface area (Å²) in [5, 5.41) is 16.1. The lowest BCUT2D eigenvalue weighted by atomic mass is 10.2. The minimum atomic E-state index is -3.76. The molecule has 0 atom stereocenters. The van der Waals surface area contributed by atoms with E-state index in [1.54, 1.807) is 49.4 Å². The van der Waals surface area contributed by atoms with Crippen molar-refractivity contribution in [3.05, 3.63) is 101 Å². The van der Waals surface area contributed by atoms with Crippen LogP contribution in [0.4, 0.5) is 17.1 Å². The van der Waals surface area contributed by atoms with E-state index in [9.17, 15) is 23.3 Å². The Morgan fingerprint density at radius 1 is 1.06 bits per heavy atom. The van der Waals surface area contributed by atoms with Crippen LogP contribution in [0.1, 0.15) is 12.5 Å². The first kappa shape index (κ1) is 25.5. The monoisotopic (exact) mass is 510 g/mol. The average Bonchev–Trinajstić information content (AvgIpc) is 2.84. The molecule has 0 bridgehead atoms. The molecule has 0 spiro atoms. The summed E-state index contributed by atoms with van der Waals surface area (Å²) in [4.78, 5) is 22.6. The minimum Gasteiger partial charge on any atom is -0.332 e. The number of hydrogen-bond acceptors (Lipinski definition) is 6. The number of nitrogens with zero attached hydrogens (tertiary/aromatic N) is 2. The van der Waals surface area contributed by atoms with Gasteiger partial charge in [-0.1, -0.05) is 30.3 Å². The van der Waals surface area contributed by atoms with E-state index >= 15 is 0 Å². The topological polar surface area (TPSA) is 122 Å². The molecule has 180 valence electrons. The van der Waals surface area contributed by atoms with Crippen LogP contribution in [0.15, 0.2) is 89.8 Å². The molecule has 0 aliphatic heterocycles. The van der Waals surface area contributed by atoms with Crippen LogP contribution in [0.2, 0.25) is 0 Å². The molecule has 3 aromatic rings. The summed E-state index contributed by atoms with van der Waals surface area (Å²) in [7, 11) is -3.76. The zero-order valence-corrected chi connectivity index (χ0v) is 20.3. The summed E-state index contributed by atoms with van der Waals surface area (Å²) in [6, 6.07) is 20.7. The van der Waals surface area contributed by atoms with Gasteiger partial charge in [0.05, 0.1) is 15.5 Å². The highest BCUT2D eigenvalue weighted by atomic mass is 32.2. The van der Waals surface area contributed by atoms with Crippen molar-refractivity contribution in [3.63, 3.8) is 0 Å². The van der Waals surface area contributed by atoms with Crippen LogP contribution in [0.5, 0.6) is 0 Å². The summed E-state index contributed by atoms with van der Waals surface area (Å²) < 4.78 is 27.4. The number of anilines is 2. The Kier molecular flexibility index (Phi) is 8.29. The van der Waals surface area contributed by atoms with Crippen LogP contribution in [-0.2, 0) is 14.8 Å². The zero-order chi connectivity index (χ0) is 25.4. The number of nitro benzene ring substituents is 1. The second kappa shape index (κ2) is 11.4. The number of benzene rings is 3. The molecule has 0 saturated heterocycles. The highest BCUT2D eigenvalue weighted by Crippen LogP contribution is 2.24. The molecule has 0 heterocycles. The van der Waals surface area contributed by atoms with Gasteiger partial charge in [-0.2, -0.15) is 0 Å². The van der Waals surface area contributed by atoms with Gasteiger partial charge in [0.15, 0.2) is 5.11 Å². The molecule has 3 rings (SSSR count). The minimum absolute atomic E-state index is 0.00812. The highest BCUT2D eigenvalue weighted by molar-refractivity contribution is 7.92. The molecule has 0 aliphatic rings. The summed E-state index contributed by atoms with van der Waals surface area (Å²) in [5.41, 5.74) is 1.46. The van der Waals surface area contributed by atoms with E-state index in [-0.39, 0.29) is 22.2 Å². The summed E-state index contributed by atoms with van der Waals surface area (Å²) >= 11 is 5.14. The van der Waals surface area contributed by atoms with Gasteiger partial charge in [0.25, 0.3) is 15.7 Å². The van der Waals surface area contributed by atoms with Gasteiger partial charge in [-0.3, -0.25) is 24.5 Å². The second-order valence-corrected chi connectivity index (χ2v) is 9.43. The quantitative estimate of drug-likeness (QED) is 0.200. The molecule has 0 unspecified atom stereocenters. The van der Waals surface area contributed by atoms with Crippen molar-refractivity contribution < 1.29 is 18.1 Å². The molecule has 35 heavy (non-hydrogen) atoms. The number of non-ortho nitro benzene ring substituents is 1. The van der Waals surface area contributed by atoms with Crippen LogP contribution in [0, 0.1) is 10.1 Å². The maximum absolute atomic E-state index is 13.1. The molecule has 11 heteroatoms. The number of rotatable bonds is 8. The van der Waals surface area contributed by atoms with Crippen LogP contribution in [0.3, 0.4) is 0 Å². The number of para-hydroxylation sites is 1. The van der Waals surface area contributed by atoms with Crippen LogP contribution in [0.25, 0.3) is 6.08 Å². The van der Waals surface area contributed by atoms with Crippen LogP contribution < -0.4 is 14.9 Å². The van der Waals surface area contributed by atoms with Gasteiger partial charge in [0, 0.05) is 30.4 Å². The molecular formula is C24H22N4O5S2. The number of carbonyl (C=O) groups is 1. The Labute approximate surface area is 208 Å². The third kappa shape index (κ3) is 6.71. The Morgan fingerprint density at radius 3 is 2.37 bits per heavy atom. The van der Waals surface area contributed by atoms with E-state index in [1.807, 2.05) is 6.07 Å². The molecule has 9 nitrogen and oxygen atoms in total. The first-order valence-electron chi connectivity index (χ1n) is 10.4. The van der Waals surface area contributed by atoms with Crippen LogP contribution in [-0.4, -0.2) is 30.9 Å². The number of nitrogens with one attached hydrogen (secondary N) is 2. The van der Waals surface area contributed by atoms with Gasteiger partial charge in [-0.05, 0) is 67.2 Å². The predicted octanol–water partition coefficient (Wildman–Crippen LogP) is 4.34. The second-order valence-electron chi connectivity index (χ2n) is 7.16. The molecule has 3 aromatic carbocycles.